The van der Waals surface area contributed by atoms with Gasteiger partial charge in [0.15, 0.2) is 0 Å². The van der Waals surface area contributed by atoms with Crippen molar-refractivity contribution in [3.63, 3.8) is 0 Å². The standard InChI is InChI=1S/C12H25N3O2.2ClH/c1-3-15(2)7-6-14-12(16)11(13)10-4-8-17-9-5-10;;/h10-11H,3-9,13H2,1-2H3,(H,14,16);2*1H. The van der Waals surface area contributed by atoms with Crippen molar-refractivity contribution in [1.82, 2.24) is 10.2 Å². The van der Waals surface area contributed by atoms with Gasteiger partial charge in [0, 0.05) is 26.3 Å². The molecule has 1 aliphatic heterocycles. The predicted molar refractivity (Wildman–Crippen MR) is 82.2 cm³/mol. The van der Waals surface area contributed by atoms with E-state index in [2.05, 4.69) is 17.1 Å². The van der Waals surface area contributed by atoms with Crippen LogP contribution in [-0.2, 0) is 9.53 Å². The lowest BCUT2D eigenvalue weighted by Gasteiger charge is -2.27. The predicted octanol–water partition coefficient (Wildman–Crippen LogP) is 0.652. The number of carbonyl (C=O) groups excluding carboxylic acids is 1. The molecular weight excluding hydrogens is 289 g/mol. The second-order valence-electron chi connectivity index (χ2n) is 4.66. The van der Waals surface area contributed by atoms with Crippen molar-refractivity contribution < 1.29 is 9.53 Å². The van der Waals surface area contributed by atoms with E-state index in [-0.39, 0.29) is 42.7 Å². The maximum atomic E-state index is 11.8. The molecule has 1 atom stereocenters. The first-order chi connectivity index (χ1) is 8.15. The van der Waals surface area contributed by atoms with Crippen LogP contribution in [-0.4, -0.2) is 56.7 Å². The molecule has 1 amide bonds. The van der Waals surface area contributed by atoms with Gasteiger partial charge in [-0.15, -0.1) is 24.8 Å². The summed E-state index contributed by atoms with van der Waals surface area (Å²) in [7, 11) is 2.03. The van der Waals surface area contributed by atoms with Gasteiger partial charge in [0.1, 0.15) is 0 Å². The molecule has 3 N–H and O–H groups in total. The third-order valence-corrected chi connectivity index (χ3v) is 3.41. The van der Waals surface area contributed by atoms with Gasteiger partial charge in [0.25, 0.3) is 0 Å². The van der Waals surface area contributed by atoms with E-state index in [1.807, 2.05) is 7.05 Å². The summed E-state index contributed by atoms with van der Waals surface area (Å²) < 4.78 is 5.26. The second-order valence-corrected chi connectivity index (χ2v) is 4.66. The zero-order valence-electron chi connectivity index (χ0n) is 11.8. The molecule has 5 nitrogen and oxygen atoms in total. The number of hydrogen-bond donors (Lipinski definition) is 2. The van der Waals surface area contributed by atoms with Gasteiger partial charge in [-0.25, -0.2) is 0 Å². The van der Waals surface area contributed by atoms with Crippen molar-refractivity contribution in [1.29, 1.82) is 0 Å². The van der Waals surface area contributed by atoms with E-state index < -0.39 is 0 Å². The van der Waals surface area contributed by atoms with E-state index in [1.165, 1.54) is 0 Å². The van der Waals surface area contributed by atoms with Crippen molar-refractivity contribution >= 4 is 30.7 Å². The van der Waals surface area contributed by atoms with Gasteiger partial charge >= 0.3 is 0 Å². The van der Waals surface area contributed by atoms with Crippen LogP contribution < -0.4 is 11.1 Å². The van der Waals surface area contributed by atoms with Crippen molar-refractivity contribution in [2.45, 2.75) is 25.8 Å². The van der Waals surface area contributed by atoms with E-state index >= 15 is 0 Å². The molecule has 7 heteroatoms. The number of ether oxygens (including phenoxy) is 1. The minimum absolute atomic E-state index is 0. The largest absolute Gasteiger partial charge is 0.381 e. The summed E-state index contributed by atoms with van der Waals surface area (Å²) in [6.07, 6.45) is 1.78. The first kappa shape index (κ1) is 21.2. The number of likely N-dealkylation sites (N-methyl/N-ethyl adjacent to an activating group) is 1. The molecule has 1 aliphatic rings. The smallest absolute Gasteiger partial charge is 0.237 e. The van der Waals surface area contributed by atoms with Crippen molar-refractivity contribution in [2.75, 3.05) is 39.9 Å². The number of amides is 1. The Kier molecular flexibility index (Phi) is 13.1. The number of carbonyl (C=O) groups is 1. The molecule has 19 heavy (non-hydrogen) atoms. The fourth-order valence-electron chi connectivity index (χ4n) is 1.93. The minimum Gasteiger partial charge on any atom is -0.381 e. The molecular formula is C12H27Cl2N3O2. The molecule has 0 saturated carbocycles. The van der Waals surface area contributed by atoms with E-state index in [9.17, 15) is 4.79 Å². The molecule has 0 aromatic carbocycles. The number of halogens is 2. The number of hydrogen-bond acceptors (Lipinski definition) is 4. The molecule has 0 aromatic rings. The molecule has 0 aliphatic carbocycles. The topological polar surface area (TPSA) is 67.6 Å². The van der Waals surface area contributed by atoms with Crippen molar-refractivity contribution in [3.8, 4) is 0 Å². The third-order valence-electron chi connectivity index (χ3n) is 3.41. The van der Waals surface area contributed by atoms with Crippen LogP contribution in [0.15, 0.2) is 0 Å². The Hall–Kier alpha value is -0.0700. The number of nitrogens with two attached hydrogens (primary N) is 1. The lowest BCUT2D eigenvalue weighted by molar-refractivity contribution is -0.124. The molecule has 1 rings (SSSR count). The van der Waals surface area contributed by atoms with E-state index in [0.29, 0.717) is 6.54 Å². The van der Waals surface area contributed by atoms with Crippen LogP contribution in [0.2, 0.25) is 0 Å². The van der Waals surface area contributed by atoms with Gasteiger partial charge in [0.2, 0.25) is 5.91 Å². The Morgan fingerprint density at radius 2 is 2.00 bits per heavy atom. The highest BCUT2D eigenvalue weighted by molar-refractivity contribution is 5.85. The zero-order chi connectivity index (χ0) is 12.7. The molecule has 1 saturated heterocycles. The highest BCUT2D eigenvalue weighted by Crippen LogP contribution is 2.17. The lowest BCUT2D eigenvalue weighted by atomic mass is 9.92. The summed E-state index contributed by atoms with van der Waals surface area (Å²) in [5.41, 5.74) is 5.96. The molecule has 0 spiro atoms. The van der Waals surface area contributed by atoms with E-state index in [1.54, 1.807) is 0 Å². The Morgan fingerprint density at radius 1 is 1.42 bits per heavy atom. The molecule has 1 heterocycles. The molecule has 1 unspecified atom stereocenters. The van der Waals surface area contributed by atoms with Gasteiger partial charge in [0.05, 0.1) is 6.04 Å². The van der Waals surface area contributed by atoms with Crippen LogP contribution in [0.4, 0.5) is 0 Å². The summed E-state index contributed by atoms with van der Waals surface area (Å²) in [5, 5.41) is 2.90. The Bertz CT molecular complexity index is 239. The fraction of sp³-hybridized carbons (Fsp3) is 0.917. The summed E-state index contributed by atoms with van der Waals surface area (Å²) in [4.78, 5) is 14.0. The summed E-state index contributed by atoms with van der Waals surface area (Å²) in [6, 6.07) is -0.383. The highest BCUT2D eigenvalue weighted by Gasteiger charge is 2.26. The van der Waals surface area contributed by atoms with Gasteiger partial charge < -0.3 is 20.7 Å². The molecule has 0 radical (unpaired) electrons. The number of nitrogens with zero attached hydrogens (tertiary/aromatic N) is 1. The maximum Gasteiger partial charge on any atom is 0.237 e. The van der Waals surface area contributed by atoms with Crippen molar-refractivity contribution in [2.24, 2.45) is 11.7 Å². The monoisotopic (exact) mass is 315 g/mol. The van der Waals surface area contributed by atoms with Gasteiger partial charge in [-0.05, 0) is 32.4 Å². The first-order valence-corrected chi connectivity index (χ1v) is 6.44. The van der Waals surface area contributed by atoms with Crippen LogP contribution in [0, 0.1) is 5.92 Å². The van der Waals surface area contributed by atoms with E-state index in [4.69, 9.17) is 10.5 Å². The molecule has 116 valence electrons. The maximum absolute atomic E-state index is 11.8. The van der Waals surface area contributed by atoms with Crippen LogP contribution in [0.5, 0.6) is 0 Å². The third kappa shape index (κ3) is 7.95. The quantitative estimate of drug-likeness (QED) is 0.755. The summed E-state index contributed by atoms with van der Waals surface area (Å²) >= 11 is 0. The van der Waals surface area contributed by atoms with E-state index in [0.717, 1.165) is 39.1 Å². The van der Waals surface area contributed by atoms with Crippen LogP contribution in [0.1, 0.15) is 19.8 Å². The second kappa shape index (κ2) is 11.7. The lowest BCUT2D eigenvalue weighted by Crippen LogP contribution is -2.48. The Labute approximate surface area is 128 Å². The van der Waals surface area contributed by atoms with Crippen LogP contribution in [0.25, 0.3) is 0 Å². The zero-order valence-corrected chi connectivity index (χ0v) is 13.4. The summed E-state index contributed by atoms with van der Waals surface area (Å²) in [6.45, 7) is 6.06. The summed E-state index contributed by atoms with van der Waals surface area (Å²) in [5.74, 6) is 0.244. The number of rotatable bonds is 6. The SMILES string of the molecule is CCN(C)CCNC(=O)C(N)C1CCOCC1.Cl.Cl. The average Bonchev–Trinajstić information content (AvgIpc) is 2.38. The number of nitrogens with one attached hydrogen (secondary N) is 1. The average molecular weight is 316 g/mol. The van der Waals surface area contributed by atoms with Gasteiger partial charge in [-0.3, -0.25) is 4.79 Å². The molecule has 1 fully saturated rings. The van der Waals surface area contributed by atoms with Crippen LogP contribution in [0.3, 0.4) is 0 Å². The fourth-order valence-corrected chi connectivity index (χ4v) is 1.93. The minimum atomic E-state index is -0.383. The normalized spacial score (nSPS) is 17.3. The molecule has 0 bridgehead atoms. The van der Waals surface area contributed by atoms with Crippen molar-refractivity contribution in [3.05, 3.63) is 0 Å². The van der Waals surface area contributed by atoms with Gasteiger partial charge in [-0.1, -0.05) is 6.92 Å². The Morgan fingerprint density at radius 3 is 2.53 bits per heavy atom. The Balaban J connectivity index is 0. The first-order valence-electron chi connectivity index (χ1n) is 6.44. The molecule has 0 aromatic heterocycles. The van der Waals surface area contributed by atoms with Crippen LogP contribution >= 0.6 is 24.8 Å². The highest BCUT2D eigenvalue weighted by atomic mass is 35.5. The van der Waals surface area contributed by atoms with Gasteiger partial charge in [-0.2, -0.15) is 0 Å².